The number of nitrogens with one attached hydrogen (secondary N) is 3. The fraction of sp³-hybridized carbons (Fsp3) is 0.556. The fourth-order valence-corrected chi connectivity index (χ4v) is 2.17. The molecule has 0 atom stereocenters. The van der Waals surface area contributed by atoms with Crippen LogP contribution >= 0.6 is 35.6 Å². The second-order valence-corrected chi connectivity index (χ2v) is 7.01. The molecule has 0 aliphatic heterocycles. The first kappa shape index (κ1) is 24.0. The van der Waals surface area contributed by atoms with Gasteiger partial charge in [0.05, 0.1) is 0 Å². The van der Waals surface area contributed by atoms with E-state index in [1.165, 1.54) is 5.56 Å². The van der Waals surface area contributed by atoms with Crippen molar-refractivity contribution in [2.24, 2.45) is 10.4 Å². The highest BCUT2D eigenvalue weighted by Gasteiger charge is 2.20. The Labute approximate surface area is 173 Å². The Balaban J connectivity index is 0.00000576. The van der Waals surface area contributed by atoms with Crippen LogP contribution in [-0.4, -0.2) is 38.0 Å². The molecule has 0 fully saturated rings. The molecule has 0 saturated carbocycles. The van der Waals surface area contributed by atoms with Gasteiger partial charge in [-0.05, 0) is 31.0 Å². The van der Waals surface area contributed by atoms with E-state index in [4.69, 9.17) is 11.6 Å². The molecule has 0 aliphatic carbocycles. The second kappa shape index (κ2) is 12.4. The van der Waals surface area contributed by atoms with Crippen LogP contribution in [0.5, 0.6) is 0 Å². The highest BCUT2D eigenvalue weighted by molar-refractivity contribution is 14.0. The minimum atomic E-state index is -0.366. The van der Waals surface area contributed by atoms with Crippen LogP contribution in [0.4, 0.5) is 0 Å². The van der Waals surface area contributed by atoms with Crippen molar-refractivity contribution in [3.8, 4) is 0 Å². The molecule has 1 aromatic rings. The molecule has 0 bridgehead atoms. The first-order chi connectivity index (χ1) is 11.3. The maximum Gasteiger partial charge on any atom is 0.225 e. The van der Waals surface area contributed by atoms with Gasteiger partial charge in [-0.2, -0.15) is 0 Å². The van der Waals surface area contributed by atoms with Crippen LogP contribution in [0, 0.1) is 5.41 Å². The van der Waals surface area contributed by atoms with E-state index in [9.17, 15) is 4.79 Å². The molecule has 0 unspecified atom stereocenters. The van der Waals surface area contributed by atoms with Crippen LogP contribution in [0.2, 0.25) is 5.02 Å². The molecule has 1 amide bonds. The van der Waals surface area contributed by atoms with Gasteiger partial charge >= 0.3 is 0 Å². The number of halogens is 2. The van der Waals surface area contributed by atoms with E-state index in [1.807, 2.05) is 52.0 Å². The number of nitrogens with zero attached hydrogens (tertiary/aromatic N) is 1. The zero-order chi connectivity index (χ0) is 18.0. The third kappa shape index (κ3) is 10.5. The minimum Gasteiger partial charge on any atom is -0.357 e. The van der Waals surface area contributed by atoms with Gasteiger partial charge in [0.2, 0.25) is 5.91 Å². The average Bonchev–Trinajstić information content (AvgIpc) is 2.50. The molecule has 142 valence electrons. The predicted octanol–water partition coefficient (Wildman–Crippen LogP) is 3.22. The Hall–Kier alpha value is -1.02. The normalized spacial score (nSPS) is 11.5. The van der Waals surface area contributed by atoms with Gasteiger partial charge in [-0.15, -0.1) is 24.0 Å². The maximum atomic E-state index is 11.8. The molecule has 0 heterocycles. The third-order valence-electron chi connectivity index (χ3n) is 3.29. The molecule has 1 aromatic carbocycles. The molecule has 25 heavy (non-hydrogen) atoms. The average molecular weight is 481 g/mol. The lowest BCUT2D eigenvalue weighted by Gasteiger charge is -2.18. The molecule has 0 aliphatic rings. The van der Waals surface area contributed by atoms with Crippen molar-refractivity contribution in [1.82, 2.24) is 16.0 Å². The second-order valence-electron chi connectivity index (χ2n) is 6.57. The molecule has 7 heteroatoms. The number of hydrogen-bond acceptors (Lipinski definition) is 2. The zero-order valence-corrected chi connectivity index (χ0v) is 18.6. The van der Waals surface area contributed by atoms with Crippen LogP contribution < -0.4 is 16.0 Å². The van der Waals surface area contributed by atoms with Crippen molar-refractivity contribution in [3.63, 3.8) is 0 Å². The Morgan fingerprint density at radius 3 is 2.44 bits per heavy atom. The highest BCUT2D eigenvalue weighted by Crippen LogP contribution is 2.12. The standard InChI is InChI=1S/C18H29ClN4O.HI/c1-5-20-17(23-12-11-21-16(24)18(2,3)4)22-10-9-14-7-6-8-15(19)13-14;/h6-8,13H,5,9-12H2,1-4H3,(H,21,24)(H2,20,22,23);1H. The lowest BCUT2D eigenvalue weighted by Crippen LogP contribution is -2.43. The van der Waals surface area contributed by atoms with E-state index in [0.717, 1.165) is 23.9 Å². The molecule has 3 N–H and O–H groups in total. The summed E-state index contributed by atoms with van der Waals surface area (Å²) in [5.74, 6) is 0.803. The van der Waals surface area contributed by atoms with Gasteiger partial charge in [-0.3, -0.25) is 9.79 Å². The molecule has 0 aromatic heterocycles. The van der Waals surface area contributed by atoms with Crippen molar-refractivity contribution < 1.29 is 4.79 Å². The maximum absolute atomic E-state index is 11.8. The number of aliphatic imine (C=N–C) groups is 1. The summed E-state index contributed by atoms with van der Waals surface area (Å²) >= 11 is 5.98. The molecule has 1 rings (SSSR count). The zero-order valence-electron chi connectivity index (χ0n) is 15.5. The number of hydrogen-bond donors (Lipinski definition) is 3. The number of carbonyl (C=O) groups is 1. The monoisotopic (exact) mass is 480 g/mol. The Kier molecular flexibility index (Phi) is 11.8. The van der Waals surface area contributed by atoms with E-state index < -0.39 is 0 Å². The van der Waals surface area contributed by atoms with Gasteiger partial charge in [0.15, 0.2) is 5.96 Å². The first-order valence-corrected chi connectivity index (χ1v) is 8.75. The van der Waals surface area contributed by atoms with Gasteiger partial charge in [-0.1, -0.05) is 44.5 Å². The Morgan fingerprint density at radius 2 is 1.84 bits per heavy atom. The summed E-state index contributed by atoms with van der Waals surface area (Å²) in [6.45, 7) is 10.4. The van der Waals surface area contributed by atoms with E-state index in [2.05, 4.69) is 20.9 Å². The lowest BCUT2D eigenvalue weighted by atomic mass is 9.96. The van der Waals surface area contributed by atoms with E-state index in [1.54, 1.807) is 0 Å². The first-order valence-electron chi connectivity index (χ1n) is 8.38. The van der Waals surface area contributed by atoms with Gasteiger partial charge in [0.1, 0.15) is 0 Å². The van der Waals surface area contributed by atoms with E-state index in [0.29, 0.717) is 19.6 Å². The van der Waals surface area contributed by atoms with Crippen LogP contribution in [-0.2, 0) is 11.2 Å². The lowest BCUT2D eigenvalue weighted by molar-refractivity contribution is -0.128. The summed E-state index contributed by atoms with van der Waals surface area (Å²) in [4.78, 5) is 16.3. The quantitative estimate of drug-likeness (QED) is 0.243. The van der Waals surface area contributed by atoms with Crippen LogP contribution in [0.3, 0.4) is 0 Å². The summed E-state index contributed by atoms with van der Waals surface area (Å²) in [5, 5.41) is 10.1. The highest BCUT2D eigenvalue weighted by atomic mass is 127. The molecule has 0 spiro atoms. The van der Waals surface area contributed by atoms with Crippen molar-refractivity contribution in [3.05, 3.63) is 34.9 Å². The molecule has 0 radical (unpaired) electrons. The van der Waals surface area contributed by atoms with Gasteiger partial charge in [-0.25, -0.2) is 0 Å². The van der Waals surface area contributed by atoms with Gasteiger partial charge in [0.25, 0.3) is 0 Å². The predicted molar refractivity (Wildman–Crippen MR) is 117 cm³/mol. The molecule has 5 nitrogen and oxygen atoms in total. The summed E-state index contributed by atoms with van der Waals surface area (Å²) in [7, 11) is 0. The number of benzene rings is 1. The number of rotatable bonds is 7. The molecular weight excluding hydrogens is 451 g/mol. The molecule has 0 saturated heterocycles. The summed E-state index contributed by atoms with van der Waals surface area (Å²) < 4.78 is 0. The van der Waals surface area contributed by atoms with Gasteiger partial charge < -0.3 is 16.0 Å². The molecular formula is C18H30ClIN4O. The Bertz CT molecular complexity index is 558. The number of guanidine groups is 1. The summed E-state index contributed by atoms with van der Waals surface area (Å²) in [5.41, 5.74) is 0.801. The number of carbonyl (C=O) groups excluding carboxylic acids is 1. The minimum absolute atomic E-state index is 0. The van der Waals surface area contributed by atoms with E-state index >= 15 is 0 Å². The number of amides is 1. The fourth-order valence-electron chi connectivity index (χ4n) is 1.95. The van der Waals surface area contributed by atoms with Crippen LogP contribution in [0.1, 0.15) is 33.3 Å². The summed E-state index contributed by atoms with van der Waals surface area (Å²) in [6, 6.07) is 7.82. The van der Waals surface area contributed by atoms with Crippen molar-refractivity contribution >= 4 is 47.4 Å². The third-order valence-corrected chi connectivity index (χ3v) is 3.52. The largest absolute Gasteiger partial charge is 0.357 e. The smallest absolute Gasteiger partial charge is 0.225 e. The SMILES string of the molecule is CCNC(=NCCc1cccc(Cl)c1)NCCNC(=O)C(C)(C)C.I. The van der Waals surface area contributed by atoms with E-state index in [-0.39, 0.29) is 35.3 Å². The van der Waals surface area contributed by atoms with Crippen molar-refractivity contribution in [2.45, 2.75) is 34.1 Å². The van der Waals surface area contributed by atoms with Crippen LogP contribution in [0.15, 0.2) is 29.3 Å². The van der Waals surface area contributed by atoms with Crippen LogP contribution in [0.25, 0.3) is 0 Å². The topological polar surface area (TPSA) is 65.5 Å². The Morgan fingerprint density at radius 1 is 1.16 bits per heavy atom. The van der Waals surface area contributed by atoms with Crippen molar-refractivity contribution in [1.29, 1.82) is 0 Å². The van der Waals surface area contributed by atoms with Crippen molar-refractivity contribution in [2.75, 3.05) is 26.2 Å². The van der Waals surface area contributed by atoms with Gasteiger partial charge in [0, 0.05) is 36.6 Å². The summed E-state index contributed by atoms with van der Waals surface area (Å²) in [6.07, 6.45) is 0.831.